The first-order chi connectivity index (χ1) is 9.74. The van der Waals surface area contributed by atoms with Gasteiger partial charge in [0.2, 0.25) is 0 Å². The van der Waals surface area contributed by atoms with Gasteiger partial charge in [-0.2, -0.15) is 5.21 Å². The maximum absolute atomic E-state index is 12.3. The molecule has 2 N–H and O–H groups in total. The molecule has 0 bridgehead atoms. The molecule has 1 aliphatic heterocycles. The van der Waals surface area contributed by atoms with E-state index in [9.17, 15) is 9.90 Å². The minimum atomic E-state index is -0.126. The number of carbonyl (C=O) groups is 1. The summed E-state index contributed by atoms with van der Waals surface area (Å²) in [6.45, 7) is 1.34. The summed E-state index contributed by atoms with van der Waals surface area (Å²) in [4.78, 5) is 14.1. The lowest BCUT2D eigenvalue weighted by atomic mass is 10.1. The Bertz CT molecular complexity index is 599. The lowest BCUT2D eigenvalue weighted by Crippen LogP contribution is -2.29. The molecular formula is C13H15N5O2. The van der Waals surface area contributed by atoms with Crippen LogP contribution in [0.2, 0.25) is 0 Å². The molecule has 0 radical (unpaired) electrons. The monoisotopic (exact) mass is 273 g/mol. The fourth-order valence-electron chi connectivity index (χ4n) is 2.54. The van der Waals surface area contributed by atoms with Gasteiger partial charge in [0.25, 0.3) is 5.91 Å². The molecular weight excluding hydrogens is 258 g/mol. The van der Waals surface area contributed by atoms with Gasteiger partial charge in [0, 0.05) is 19.5 Å². The topological polar surface area (TPSA) is 95.0 Å². The molecule has 2 aromatic rings. The van der Waals surface area contributed by atoms with Gasteiger partial charge < -0.3 is 10.0 Å². The summed E-state index contributed by atoms with van der Waals surface area (Å²) < 4.78 is 0. The zero-order valence-corrected chi connectivity index (χ0v) is 10.9. The van der Waals surface area contributed by atoms with Crippen molar-refractivity contribution in [2.75, 3.05) is 13.1 Å². The van der Waals surface area contributed by atoms with Crippen molar-refractivity contribution in [3.05, 3.63) is 35.7 Å². The highest BCUT2D eigenvalue weighted by Crippen LogP contribution is 2.24. The molecule has 0 saturated carbocycles. The summed E-state index contributed by atoms with van der Waals surface area (Å²) in [6, 6.07) is 6.62. The minimum Gasteiger partial charge on any atom is -0.507 e. The van der Waals surface area contributed by atoms with E-state index in [-0.39, 0.29) is 11.7 Å². The summed E-state index contributed by atoms with van der Waals surface area (Å²) in [7, 11) is 0. The van der Waals surface area contributed by atoms with Crippen molar-refractivity contribution >= 4 is 5.91 Å². The van der Waals surface area contributed by atoms with Gasteiger partial charge in [-0.25, -0.2) is 0 Å². The SMILES string of the molecule is O=C(c1ccccc1O)N1CCC(Cc2nn[nH]n2)C1. The van der Waals surface area contributed by atoms with Crippen LogP contribution in [0.15, 0.2) is 24.3 Å². The first kappa shape index (κ1) is 12.6. The maximum Gasteiger partial charge on any atom is 0.257 e. The lowest BCUT2D eigenvalue weighted by Gasteiger charge is -2.16. The van der Waals surface area contributed by atoms with E-state index < -0.39 is 0 Å². The van der Waals surface area contributed by atoms with Crippen LogP contribution >= 0.6 is 0 Å². The van der Waals surface area contributed by atoms with Crippen molar-refractivity contribution in [1.29, 1.82) is 0 Å². The fraction of sp³-hybridized carbons (Fsp3) is 0.385. The third kappa shape index (κ3) is 2.47. The number of tetrazole rings is 1. The molecule has 3 rings (SSSR count). The van der Waals surface area contributed by atoms with Gasteiger partial charge in [0.05, 0.1) is 5.56 Å². The van der Waals surface area contributed by atoms with Crippen molar-refractivity contribution in [2.24, 2.45) is 5.92 Å². The van der Waals surface area contributed by atoms with Crippen LogP contribution in [0, 0.1) is 5.92 Å². The average molecular weight is 273 g/mol. The van der Waals surface area contributed by atoms with E-state index in [2.05, 4.69) is 20.6 Å². The molecule has 20 heavy (non-hydrogen) atoms. The molecule has 0 spiro atoms. The Morgan fingerprint density at radius 1 is 1.45 bits per heavy atom. The molecule has 104 valence electrons. The summed E-state index contributed by atoms with van der Waals surface area (Å²) in [5, 5.41) is 23.6. The number of aromatic amines is 1. The lowest BCUT2D eigenvalue weighted by molar-refractivity contribution is 0.0784. The number of aromatic hydroxyl groups is 1. The van der Waals surface area contributed by atoms with E-state index in [4.69, 9.17) is 0 Å². The van der Waals surface area contributed by atoms with E-state index in [1.807, 2.05) is 0 Å². The normalized spacial score (nSPS) is 18.4. The molecule has 2 heterocycles. The summed E-state index contributed by atoms with van der Waals surface area (Å²) in [6.07, 6.45) is 1.62. The minimum absolute atomic E-state index is 0.0270. The van der Waals surface area contributed by atoms with Crippen LogP contribution in [-0.4, -0.2) is 49.6 Å². The van der Waals surface area contributed by atoms with Gasteiger partial charge in [0.15, 0.2) is 5.82 Å². The average Bonchev–Trinajstić information content (AvgIpc) is 3.11. The quantitative estimate of drug-likeness (QED) is 0.854. The number of rotatable bonds is 3. The van der Waals surface area contributed by atoms with Gasteiger partial charge in [-0.3, -0.25) is 4.79 Å². The maximum atomic E-state index is 12.3. The van der Waals surface area contributed by atoms with Gasteiger partial charge in [-0.05, 0) is 24.5 Å². The summed E-state index contributed by atoms with van der Waals surface area (Å²) in [5.74, 6) is 0.909. The van der Waals surface area contributed by atoms with Crippen LogP contribution in [0.5, 0.6) is 5.75 Å². The number of amides is 1. The predicted molar refractivity (Wildman–Crippen MR) is 70.0 cm³/mol. The van der Waals surface area contributed by atoms with E-state index >= 15 is 0 Å². The molecule has 1 aromatic carbocycles. The van der Waals surface area contributed by atoms with Crippen LogP contribution in [0.4, 0.5) is 0 Å². The Balaban J connectivity index is 1.65. The van der Waals surface area contributed by atoms with Crippen molar-refractivity contribution in [1.82, 2.24) is 25.5 Å². The van der Waals surface area contributed by atoms with Gasteiger partial charge >= 0.3 is 0 Å². The number of hydrogen-bond donors (Lipinski definition) is 2. The van der Waals surface area contributed by atoms with E-state index in [0.29, 0.717) is 36.8 Å². The summed E-state index contributed by atoms with van der Waals surface area (Å²) >= 11 is 0. The number of phenolic OH excluding ortho intramolecular Hbond substituents is 1. The van der Waals surface area contributed by atoms with Gasteiger partial charge in [-0.15, -0.1) is 10.2 Å². The number of likely N-dealkylation sites (tertiary alicyclic amines) is 1. The van der Waals surface area contributed by atoms with Gasteiger partial charge in [0.1, 0.15) is 5.75 Å². The van der Waals surface area contributed by atoms with Gasteiger partial charge in [-0.1, -0.05) is 17.3 Å². The second kappa shape index (κ2) is 5.28. The molecule has 1 aliphatic rings. The third-order valence-corrected chi connectivity index (χ3v) is 3.57. The van der Waals surface area contributed by atoms with Crippen LogP contribution in [0.1, 0.15) is 22.6 Å². The number of nitrogens with zero attached hydrogens (tertiary/aromatic N) is 4. The Morgan fingerprint density at radius 3 is 3.05 bits per heavy atom. The predicted octanol–water partition coefficient (Wildman–Crippen LogP) is 0.610. The molecule has 0 aliphatic carbocycles. The third-order valence-electron chi connectivity index (χ3n) is 3.57. The highest BCUT2D eigenvalue weighted by Gasteiger charge is 2.28. The first-order valence-corrected chi connectivity index (χ1v) is 6.53. The van der Waals surface area contributed by atoms with E-state index in [0.717, 1.165) is 6.42 Å². The Kier molecular flexibility index (Phi) is 3.32. The molecule has 1 amide bonds. The number of nitrogens with one attached hydrogen (secondary N) is 1. The number of phenols is 1. The molecule has 7 nitrogen and oxygen atoms in total. The molecule has 1 saturated heterocycles. The van der Waals surface area contributed by atoms with Crippen LogP contribution in [0.25, 0.3) is 0 Å². The number of benzene rings is 1. The second-order valence-corrected chi connectivity index (χ2v) is 4.96. The van der Waals surface area contributed by atoms with E-state index in [1.165, 1.54) is 6.07 Å². The number of H-pyrrole nitrogens is 1. The Labute approximate surface area is 115 Å². The van der Waals surface area contributed by atoms with Crippen molar-refractivity contribution in [3.8, 4) is 5.75 Å². The van der Waals surface area contributed by atoms with E-state index in [1.54, 1.807) is 23.1 Å². The standard InChI is InChI=1S/C13H15N5O2/c19-11-4-2-1-3-10(11)13(20)18-6-5-9(8-18)7-12-14-16-17-15-12/h1-4,9,19H,5-8H2,(H,14,15,16,17). The Hall–Kier alpha value is -2.44. The molecule has 1 atom stereocenters. The number of para-hydroxylation sites is 1. The number of hydrogen-bond acceptors (Lipinski definition) is 5. The Morgan fingerprint density at radius 2 is 2.30 bits per heavy atom. The number of aromatic nitrogens is 4. The zero-order valence-electron chi connectivity index (χ0n) is 10.9. The van der Waals surface area contributed by atoms with Crippen molar-refractivity contribution < 1.29 is 9.90 Å². The smallest absolute Gasteiger partial charge is 0.257 e. The molecule has 1 aromatic heterocycles. The highest BCUT2D eigenvalue weighted by molar-refractivity contribution is 5.96. The first-order valence-electron chi connectivity index (χ1n) is 6.53. The van der Waals surface area contributed by atoms with Crippen LogP contribution in [0.3, 0.4) is 0 Å². The summed E-state index contributed by atoms with van der Waals surface area (Å²) in [5.41, 5.74) is 0.354. The zero-order chi connectivity index (χ0) is 13.9. The molecule has 1 fully saturated rings. The van der Waals surface area contributed by atoms with Crippen LogP contribution < -0.4 is 0 Å². The van der Waals surface area contributed by atoms with Crippen LogP contribution in [-0.2, 0) is 6.42 Å². The largest absolute Gasteiger partial charge is 0.507 e. The number of carbonyl (C=O) groups excluding carboxylic acids is 1. The highest BCUT2D eigenvalue weighted by atomic mass is 16.3. The molecule has 7 heteroatoms. The second-order valence-electron chi connectivity index (χ2n) is 4.96. The molecule has 1 unspecified atom stereocenters. The van der Waals surface area contributed by atoms with Crippen molar-refractivity contribution in [2.45, 2.75) is 12.8 Å². The van der Waals surface area contributed by atoms with Crippen molar-refractivity contribution in [3.63, 3.8) is 0 Å². The fourth-order valence-corrected chi connectivity index (χ4v) is 2.54.